The van der Waals surface area contributed by atoms with Crippen LogP contribution < -0.4 is 10.8 Å². The van der Waals surface area contributed by atoms with E-state index in [1.165, 1.54) is 35.9 Å². The Bertz CT molecular complexity index is 1310. The Balaban J connectivity index is 1.88. The van der Waals surface area contributed by atoms with E-state index < -0.39 is 35.6 Å². The topological polar surface area (TPSA) is 134 Å². The van der Waals surface area contributed by atoms with Crippen molar-refractivity contribution in [3.05, 3.63) is 88.5 Å². The van der Waals surface area contributed by atoms with Crippen molar-refractivity contribution in [2.24, 2.45) is 0 Å². The Morgan fingerprint density at radius 3 is 2.41 bits per heavy atom. The predicted molar refractivity (Wildman–Crippen MR) is 134 cm³/mol. The maximum Gasteiger partial charge on any atom is 0.416 e. The third-order valence-electron chi connectivity index (χ3n) is 6.09. The molecular weight excluding hydrogens is 517 g/mol. The molecule has 0 aliphatic heterocycles. The molecule has 39 heavy (non-hydrogen) atoms. The Morgan fingerprint density at radius 1 is 1.08 bits per heavy atom. The molecule has 3 rings (SSSR count). The van der Waals surface area contributed by atoms with E-state index in [0.717, 1.165) is 30.5 Å². The van der Waals surface area contributed by atoms with Gasteiger partial charge in [0, 0.05) is 25.4 Å². The molecular formula is C27H29F3N4O5. The number of hydrogen-bond acceptors (Lipinski definition) is 5. The van der Waals surface area contributed by atoms with Gasteiger partial charge in [0.1, 0.15) is 11.5 Å². The summed E-state index contributed by atoms with van der Waals surface area (Å²) in [5.74, 6) is -1.85. The van der Waals surface area contributed by atoms with Gasteiger partial charge in [0.05, 0.1) is 17.3 Å². The molecule has 2 aromatic carbocycles. The number of nitrogens with zero attached hydrogens (tertiary/aromatic N) is 2. The lowest BCUT2D eigenvalue weighted by atomic mass is 10.0. The van der Waals surface area contributed by atoms with Gasteiger partial charge in [-0.1, -0.05) is 43.7 Å². The fourth-order valence-electron chi connectivity index (χ4n) is 4.10. The summed E-state index contributed by atoms with van der Waals surface area (Å²) in [6.07, 6.45) is -1.37. The lowest BCUT2D eigenvalue weighted by molar-refractivity contribution is -0.137. The maximum atomic E-state index is 13.4. The third kappa shape index (κ3) is 8.14. The Kier molecular flexibility index (Phi) is 9.83. The number of hydroxylamine groups is 1. The molecule has 0 saturated carbocycles. The van der Waals surface area contributed by atoms with Gasteiger partial charge in [-0.3, -0.25) is 14.8 Å². The summed E-state index contributed by atoms with van der Waals surface area (Å²) >= 11 is 0. The number of aromatic carboxylic acids is 1. The number of aromatic nitrogens is 2. The zero-order chi connectivity index (χ0) is 28.6. The fourth-order valence-corrected chi connectivity index (χ4v) is 4.10. The number of carboxylic acid groups (broad SMARTS) is 1. The first-order chi connectivity index (χ1) is 18.5. The highest BCUT2D eigenvalue weighted by Gasteiger charge is 2.31. The van der Waals surface area contributed by atoms with Crippen molar-refractivity contribution in [2.75, 3.05) is 0 Å². The number of nitrogens with one attached hydrogen (secondary N) is 2. The molecule has 3 aromatic rings. The van der Waals surface area contributed by atoms with Crippen molar-refractivity contribution >= 4 is 17.8 Å². The van der Waals surface area contributed by atoms with Crippen LogP contribution in [-0.2, 0) is 30.4 Å². The van der Waals surface area contributed by atoms with Crippen LogP contribution in [0.2, 0.25) is 0 Å². The van der Waals surface area contributed by atoms with Gasteiger partial charge in [-0.25, -0.2) is 15.3 Å². The first-order valence-electron chi connectivity index (χ1n) is 12.3. The summed E-state index contributed by atoms with van der Waals surface area (Å²) in [5, 5.41) is 20.8. The molecule has 1 unspecified atom stereocenters. The monoisotopic (exact) mass is 546 g/mol. The standard InChI is InChI=1S/C27H29F3N4O5/c1-2-3-7-23-31-15-22(34(23)16-17-8-10-19(11-9-17)26(37)38)25(36)32-21(14-24(35)33-39)13-18-5-4-6-20(12-18)27(28,29)30/h4-6,8-12,15,21,39H,2-3,7,13-14,16H2,1H3,(H,32,36)(H,33,35)(H,37,38). The van der Waals surface area contributed by atoms with Crippen LogP contribution >= 0.6 is 0 Å². The summed E-state index contributed by atoms with van der Waals surface area (Å²) in [7, 11) is 0. The van der Waals surface area contributed by atoms with E-state index in [1.807, 2.05) is 6.92 Å². The van der Waals surface area contributed by atoms with Crippen molar-refractivity contribution in [3.8, 4) is 0 Å². The van der Waals surface area contributed by atoms with E-state index in [4.69, 9.17) is 10.3 Å². The third-order valence-corrected chi connectivity index (χ3v) is 6.09. The van der Waals surface area contributed by atoms with Crippen LogP contribution in [0.15, 0.2) is 54.7 Å². The zero-order valence-corrected chi connectivity index (χ0v) is 21.2. The molecule has 12 heteroatoms. The van der Waals surface area contributed by atoms with Crippen molar-refractivity contribution in [1.82, 2.24) is 20.3 Å². The molecule has 0 saturated heterocycles. The second kappa shape index (κ2) is 13.1. The van der Waals surface area contributed by atoms with Gasteiger partial charge < -0.3 is 15.0 Å². The molecule has 1 aromatic heterocycles. The van der Waals surface area contributed by atoms with Crippen molar-refractivity contribution in [3.63, 3.8) is 0 Å². The van der Waals surface area contributed by atoms with Crippen LogP contribution in [0.4, 0.5) is 13.2 Å². The summed E-state index contributed by atoms with van der Waals surface area (Å²) in [6, 6.07) is 9.82. The van der Waals surface area contributed by atoms with E-state index in [2.05, 4.69) is 10.3 Å². The number of carbonyl (C=O) groups is 3. The normalized spacial score (nSPS) is 12.1. The Hall–Kier alpha value is -4.19. The number of unbranched alkanes of at least 4 members (excludes halogenated alkanes) is 1. The van der Waals surface area contributed by atoms with Gasteiger partial charge in [0.2, 0.25) is 5.91 Å². The lowest BCUT2D eigenvalue weighted by Gasteiger charge is -2.20. The lowest BCUT2D eigenvalue weighted by Crippen LogP contribution is -2.41. The number of halogens is 3. The number of rotatable bonds is 12. The molecule has 208 valence electrons. The summed E-state index contributed by atoms with van der Waals surface area (Å²) < 4.78 is 41.2. The van der Waals surface area contributed by atoms with Crippen LogP contribution in [0, 0.1) is 0 Å². The average Bonchev–Trinajstić information content (AvgIpc) is 3.29. The molecule has 0 radical (unpaired) electrons. The second-order valence-corrected chi connectivity index (χ2v) is 9.06. The maximum absolute atomic E-state index is 13.4. The minimum absolute atomic E-state index is 0.101. The van der Waals surface area contributed by atoms with Crippen LogP contribution in [0.5, 0.6) is 0 Å². The average molecular weight is 547 g/mol. The first kappa shape index (κ1) is 29.4. The number of alkyl halides is 3. The first-order valence-corrected chi connectivity index (χ1v) is 12.3. The molecule has 2 amide bonds. The number of benzene rings is 2. The Labute approximate surface area is 222 Å². The van der Waals surface area contributed by atoms with Gasteiger partial charge in [-0.15, -0.1) is 0 Å². The molecule has 9 nitrogen and oxygen atoms in total. The van der Waals surface area contributed by atoms with E-state index in [9.17, 15) is 27.6 Å². The smallest absolute Gasteiger partial charge is 0.416 e. The largest absolute Gasteiger partial charge is 0.478 e. The number of imidazole rings is 1. The van der Waals surface area contributed by atoms with Gasteiger partial charge in [-0.05, 0) is 42.2 Å². The van der Waals surface area contributed by atoms with Gasteiger partial charge in [0.15, 0.2) is 0 Å². The van der Waals surface area contributed by atoms with Gasteiger partial charge in [-0.2, -0.15) is 13.2 Å². The molecule has 0 bridgehead atoms. The van der Waals surface area contributed by atoms with Gasteiger partial charge >= 0.3 is 12.1 Å². The van der Waals surface area contributed by atoms with E-state index in [-0.39, 0.29) is 36.2 Å². The molecule has 4 N–H and O–H groups in total. The summed E-state index contributed by atoms with van der Waals surface area (Å²) in [5.41, 5.74) is 1.89. The molecule has 0 aliphatic rings. The van der Waals surface area contributed by atoms with Crippen molar-refractivity contribution in [2.45, 2.75) is 57.8 Å². The minimum Gasteiger partial charge on any atom is -0.478 e. The van der Waals surface area contributed by atoms with Gasteiger partial charge in [0.25, 0.3) is 5.91 Å². The number of aryl methyl sites for hydroxylation is 1. The SMILES string of the molecule is CCCCc1ncc(C(=O)NC(CC(=O)NO)Cc2cccc(C(F)(F)F)c2)n1Cc1ccc(C(=O)O)cc1. The molecule has 0 fully saturated rings. The van der Waals surface area contributed by atoms with E-state index in [1.54, 1.807) is 16.7 Å². The number of carboxylic acids is 1. The zero-order valence-electron chi connectivity index (χ0n) is 21.2. The minimum atomic E-state index is -4.55. The highest BCUT2D eigenvalue weighted by Crippen LogP contribution is 2.30. The number of amides is 2. The van der Waals surface area contributed by atoms with Crippen molar-refractivity contribution < 1.29 is 37.9 Å². The molecule has 0 spiro atoms. The summed E-state index contributed by atoms with van der Waals surface area (Å²) in [4.78, 5) is 40.8. The molecule has 1 heterocycles. The van der Waals surface area contributed by atoms with E-state index >= 15 is 0 Å². The second-order valence-electron chi connectivity index (χ2n) is 9.06. The van der Waals surface area contributed by atoms with Crippen LogP contribution in [0.1, 0.15) is 69.5 Å². The highest BCUT2D eigenvalue weighted by molar-refractivity contribution is 5.93. The highest BCUT2D eigenvalue weighted by atomic mass is 19.4. The summed E-state index contributed by atoms with van der Waals surface area (Å²) in [6.45, 7) is 2.23. The van der Waals surface area contributed by atoms with Crippen LogP contribution in [0.3, 0.4) is 0 Å². The Morgan fingerprint density at radius 2 is 1.79 bits per heavy atom. The van der Waals surface area contributed by atoms with Crippen LogP contribution in [-0.4, -0.2) is 43.7 Å². The van der Waals surface area contributed by atoms with Crippen molar-refractivity contribution in [1.29, 1.82) is 0 Å². The van der Waals surface area contributed by atoms with Crippen LogP contribution in [0.25, 0.3) is 0 Å². The van der Waals surface area contributed by atoms with E-state index in [0.29, 0.717) is 12.2 Å². The molecule has 1 atom stereocenters. The number of hydrogen-bond donors (Lipinski definition) is 4. The fraction of sp³-hybridized carbons (Fsp3) is 0.333. The predicted octanol–water partition coefficient (Wildman–Crippen LogP) is 4.23. The molecule has 0 aliphatic carbocycles. The number of carbonyl (C=O) groups excluding carboxylic acids is 2. The quantitative estimate of drug-likeness (QED) is 0.199.